The summed E-state index contributed by atoms with van der Waals surface area (Å²) < 4.78 is 5.39. The standard InChI is InChI=1S/C23H16O6.C15H25N3O/c24-20-16(14-7-3-1-5-12(14)9-18(20)22(26)27)11-17-15-8-4-2-6-13(15)10-19(21(17)25)23(28)29;1-4-18(5-2)12-11-17-15(16)13-7-9-14(10-8-13)19-6-3/h1-10,24-25H,11H2,(H,26,27)(H,28,29);7-10H,4-6,11-12H2,1-3H3,(H2,16,17). The van der Waals surface area contributed by atoms with Gasteiger partial charge in [-0.1, -0.05) is 62.4 Å². The lowest BCUT2D eigenvalue weighted by Crippen LogP contribution is -2.26. The van der Waals surface area contributed by atoms with Gasteiger partial charge in [-0.15, -0.1) is 0 Å². The second-order valence-corrected chi connectivity index (χ2v) is 11.0. The minimum Gasteiger partial charge on any atom is -0.507 e. The van der Waals surface area contributed by atoms with Gasteiger partial charge in [0.15, 0.2) is 0 Å². The Hall–Kier alpha value is -5.61. The molecule has 5 rings (SSSR count). The molecule has 0 atom stereocenters. The van der Waals surface area contributed by atoms with Gasteiger partial charge < -0.3 is 35.8 Å². The van der Waals surface area contributed by atoms with Crippen molar-refractivity contribution in [2.24, 2.45) is 10.7 Å². The number of likely N-dealkylation sites (N-methyl/N-ethyl adjacent to an activating group) is 1. The van der Waals surface area contributed by atoms with E-state index in [0.29, 0.717) is 45.1 Å². The summed E-state index contributed by atoms with van der Waals surface area (Å²) in [6.07, 6.45) is -0.0407. The highest BCUT2D eigenvalue weighted by Gasteiger charge is 2.22. The summed E-state index contributed by atoms with van der Waals surface area (Å²) in [7, 11) is 0. The number of nitrogens with two attached hydrogens (primary N) is 1. The van der Waals surface area contributed by atoms with Crippen molar-refractivity contribution in [3.8, 4) is 17.2 Å². The number of aromatic carboxylic acids is 2. The van der Waals surface area contributed by atoms with Gasteiger partial charge in [-0.2, -0.15) is 0 Å². The first kappa shape index (κ1) is 35.2. The van der Waals surface area contributed by atoms with Crippen LogP contribution in [-0.2, 0) is 6.42 Å². The van der Waals surface area contributed by atoms with Crippen molar-refractivity contribution in [1.82, 2.24) is 4.90 Å². The van der Waals surface area contributed by atoms with Crippen LogP contribution in [0.1, 0.15) is 58.2 Å². The van der Waals surface area contributed by atoms with E-state index in [1.165, 1.54) is 12.1 Å². The maximum atomic E-state index is 11.6. The Bertz CT molecular complexity index is 1830. The number of amidine groups is 1. The fraction of sp³-hybridized carbons (Fsp3) is 0.237. The minimum absolute atomic E-state index is 0.0407. The van der Waals surface area contributed by atoms with Crippen molar-refractivity contribution in [2.75, 3.05) is 32.8 Å². The van der Waals surface area contributed by atoms with Gasteiger partial charge in [0.05, 0.1) is 13.2 Å². The van der Waals surface area contributed by atoms with E-state index in [1.807, 2.05) is 31.2 Å². The van der Waals surface area contributed by atoms with Crippen LogP contribution in [0.5, 0.6) is 17.2 Å². The summed E-state index contributed by atoms with van der Waals surface area (Å²) in [5, 5.41) is 42.8. The zero-order valence-corrected chi connectivity index (χ0v) is 27.3. The van der Waals surface area contributed by atoms with Gasteiger partial charge in [0.2, 0.25) is 0 Å². The van der Waals surface area contributed by atoms with Crippen molar-refractivity contribution >= 4 is 39.3 Å². The quantitative estimate of drug-likeness (QED) is 0.0745. The predicted molar refractivity (Wildman–Crippen MR) is 189 cm³/mol. The molecule has 0 fully saturated rings. The summed E-state index contributed by atoms with van der Waals surface area (Å²) >= 11 is 0. The van der Waals surface area contributed by atoms with Gasteiger partial charge in [-0.05, 0) is 78.0 Å². The van der Waals surface area contributed by atoms with Crippen molar-refractivity contribution in [1.29, 1.82) is 0 Å². The highest BCUT2D eigenvalue weighted by Crippen LogP contribution is 2.38. The first-order chi connectivity index (χ1) is 23.1. The molecule has 0 aliphatic rings. The Morgan fingerprint density at radius 2 is 1.23 bits per heavy atom. The van der Waals surface area contributed by atoms with Gasteiger partial charge in [0, 0.05) is 29.7 Å². The third-order valence-corrected chi connectivity index (χ3v) is 8.12. The molecular weight excluding hydrogens is 610 g/mol. The normalized spacial score (nSPS) is 11.4. The second kappa shape index (κ2) is 16.3. The summed E-state index contributed by atoms with van der Waals surface area (Å²) in [6, 6.07) is 24.5. The monoisotopic (exact) mass is 651 g/mol. The molecule has 0 aromatic heterocycles. The molecule has 10 heteroatoms. The van der Waals surface area contributed by atoms with E-state index in [9.17, 15) is 30.0 Å². The van der Waals surface area contributed by atoms with Gasteiger partial charge >= 0.3 is 11.9 Å². The van der Waals surface area contributed by atoms with E-state index in [1.54, 1.807) is 48.5 Å². The molecule has 5 aromatic carbocycles. The number of hydrogen-bond acceptors (Lipinski definition) is 7. The van der Waals surface area contributed by atoms with Crippen molar-refractivity contribution in [3.05, 3.63) is 113 Å². The van der Waals surface area contributed by atoms with Crippen LogP contribution in [0, 0.1) is 0 Å². The third-order valence-electron chi connectivity index (χ3n) is 8.12. The summed E-state index contributed by atoms with van der Waals surface area (Å²) in [5.74, 6) is -1.90. The second-order valence-electron chi connectivity index (χ2n) is 11.0. The topological polar surface area (TPSA) is 166 Å². The summed E-state index contributed by atoms with van der Waals surface area (Å²) in [6.45, 7) is 10.7. The Morgan fingerprint density at radius 3 is 1.67 bits per heavy atom. The highest BCUT2D eigenvalue weighted by molar-refractivity contribution is 6.02. The van der Waals surface area contributed by atoms with E-state index in [2.05, 4.69) is 23.7 Å². The first-order valence-corrected chi connectivity index (χ1v) is 15.8. The molecule has 0 radical (unpaired) electrons. The molecule has 0 unspecified atom stereocenters. The van der Waals surface area contributed by atoms with E-state index in [0.717, 1.165) is 37.5 Å². The average molecular weight is 652 g/mol. The summed E-state index contributed by atoms with van der Waals surface area (Å²) in [4.78, 5) is 30.0. The lowest BCUT2D eigenvalue weighted by atomic mass is 9.90. The fourth-order valence-electron chi connectivity index (χ4n) is 5.52. The lowest BCUT2D eigenvalue weighted by molar-refractivity contribution is 0.0682. The van der Waals surface area contributed by atoms with E-state index < -0.39 is 23.4 Å². The number of ether oxygens (including phenoxy) is 1. The average Bonchev–Trinajstić information content (AvgIpc) is 3.09. The molecule has 10 nitrogen and oxygen atoms in total. The number of carbonyl (C=O) groups is 2. The number of aliphatic imine (C=N–C) groups is 1. The number of aromatic hydroxyl groups is 2. The zero-order valence-electron chi connectivity index (χ0n) is 27.3. The van der Waals surface area contributed by atoms with Crippen LogP contribution in [0.3, 0.4) is 0 Å². The number of rotatable bonds is 12. The molecule has 0 amide bonds. The molecule has 0 aliphatic carbocycles. The maximum absolute atomic E-state index is 11.6. The fourth-order valence-corrected chi connectivity index (χ4v) is 5.52. The highest BCUT2D eigenvalue weighted by atomic mass is 16.5. The van der Waals surface area contributed by atoms with Crippen molar-refractivity contribution in [2.45, 2.75) is 27.2 Å². The number of carboxylic acids is 2. The Kier molecular flexibility index (Phi) is 12.0. The van der Waals surface area contributed by atoms with Crippen LogP contribution in [0.15, 0.2) is 89.9 Å². The molecule has 250 valence electrons. The molecule has 0 aliphatic heterocycles. The molecule has 0 heterocycles. The minimum atomic E-state index is -1.28. The van der Waals surface area contributed by atoms with Crippen molar-refractivity contribution in [3.63, 3.8) is 0 Å². The molecular formula is C38H41N3O7. The number of carboxylic acid groups (broad SMARTS) is 2. The van der Waals surface area contributed by atoms with Crippen LogP contribution in [0.2, 0.25) is 0 Å². The third kappa shape index (κ3) is 8.21. The number of hydrogen-bond donors (Lipinski definition) is 5. The Labute approximate surface area is 279 Å². The smallest absolute Gasteiger partial charge is 0.339 e. The van der Waals surface area contributed by atoms with Gasteiger partial charge in [-0.3, -0.25) is 4.99 Å². The molecule has 48 heavy (non-hydrogen) atoms. The number of nitrogens with zero attached hydrogens (tertiary/aromatic N) is 2. The largest absolute Gasteiger partial charge is 0.507 e. The van der Waals surface area contributed by atoms with E-state index in [4.69, 9.17) is 10.5 Å². The number of benzene rings is 5. The van der Waals surface area contributed by atoms with Crippen LogP contribution in [0.25, 0.3) is 21.5 Å². The lowest BCUT2D eigenvalue weighted by Gasteiger charge is -2.16. The molecule has 6 N–H and O–H groups in total. The Morgan fingerprint density at radius 1 is 0.750 bits per heavy atom. The maximum Gasteiger partial charge on any atom is 0.339 e. The first-order valence-electron chi connectivity index (χ1n) is 15.8. The molecule has 0 spiro atoms. The van der Waals surface area contributed by atoms with Crippen LogP contribution in [0.4, 0.5) is 0 Å². The zero-order chi connectivity index (χ0) is 34.8. The Balaban J connectivity index is 0.000000239. The van der Waals surface area contributed by atoms with Gasteiger partial charge in [0.1, 0.15) is 34.2 Å². The predicted octanol–water partition coefficient (Wildman–Crippen LogP) is 6.52. The van der Waals surface area contributed by atoms with E-state index >= 15 is 0 Å². The van der Waals surface area contributed by atoms with Gasteiger partial charge in [0.25, 0.3) is 0 Å². The van der Waals surface area contributed by atoms with Crippen LogP contribution in [-0.4, -0.2) is 75.9 Å². The van der Waals surface area contributed by atoms with E-state index in [-0.39, 0.29) is 17.5 Å². The van der Waals surface area contributed by atoms with Crippen LogP contribution < -0.4 is 10.5 Å². The van der Waals surface area contributed by atoms with Crippen LogP contribution >= 0.6 is 0 Å². The van der Waals surface area contributed by atoms with Gasteiger partial charge in [-0.25, -0.2) is 9.59 Å². The van der Waals surface area contributed by atoms with Crippen molar-refractivity contribution < 1.29 is 34.8 Å². The number of fused-ring (bicyclic) bond motifs is 2. The SMILES string of the molecule is CCOc1ccc(C(N)=NCCN(CC)CC)cc1.O=C(O)c1cc2ccccc2c(Cc2c(O)c(C(=O)O)cc3ccccc23)c1O. The summed E-state index contributed by atoms with van der Waals surface area (Å²) in [5.41, 5.74) is 7.04. The molecule has 0 saturated carbocycles. The molecule has 5 aromatic rings. The number of phenols is 2. The molecule has 0 bridgehead atoms. The molecule has 0 saturated heterocycles.